The van der Waals surface area contributed by atoms with Gasteiger partial charge in [0.25, 0.3) is 0 Å². The van der Waals surface area contributed by atoms with Gasteiger partial charge in [0.15, 0.2) is 0 Å². The Labute approximate surface area is 141 Å². The molecule has 1 unspecified atom stereocenters. The summed E-state index contributed by atoms with van der Waals surface area (Å²) in [5.74, 6) is -0.309. The number of carbonyl (C=O) groups excluding carboxylic acids is 1. The summed E-state index contributed by atoms with van der Waals surface area (Å²) in [6, 6.07) is 9.70. The van der Waals surface area contributed by atoms with Crippen molar-refractivity contribution in [3.05, 3.63) is 42.0 Å². The molecule has 4 nitrogen and oxygen atoms in total. The first-order chi connectivity index (χ1) is 11.2. The Balaban J connectivity index is 2.39. The highest BCUT2D eigenvalue weighted by Crippen LogP contribution is 2.23. The summed E-state index contributed by atoms with van der Waals surface area (Å²) in [6.45, 7) is 2.57. The summed E-state index contributed by atoms with van der Waals surface area (Å²) in [5, 5.41) is 0. The summed E-state index contributed by atoms with van der Waals surface area (Å²) in [6.07, 6.45) is 7.38. The minimum Gasteiger partial charge on any atom is -0.463 e. The van der Waals surface area contributed by atoms with Gasteiger partial charge in [-0.05, 0) is 24.5 Å². The molecule has 1 rings (SSSR count). The molecule has 23 heavy (non-hydrogen) atoms. The van der Waals surface area contributed by atoms with E-state index in [0.29, 0.717) is 12.1 Å². The van der Waals surface area contributed by atoms with Gasteiger partial charge in [0.05, 0.1) is 6.61 Å². The Morgan fingerprint density at radius 2 is 1.87 bits per heavy atom. The number of carbonyl (C=O) groups is 1. The zero-order valence-electron chi connectivity index (χ0n) is 14.4. The Morgan fingerprint density at radius 3 is 2.48 bits per heavy atom. The van der Waals surface area contributed by atoms with E-state index in [0.717, 1.165) is 31.2 Å². The van der Waals surface area contributed by atoms with E-state index in [9.17, 15) is 4.79 Å². The SMILES string of the molecule is CCCCC(CCOC(=O)C=Cc1ccccc1)[SiH](OC)OC. The third-order valence-corrected chi connectivity index (χ3v) is 6.09. The molecule has 0 bridgehead atoms. The van der Waals surface area contributed by atoms with E-state index >= 15 is 0 Å². The largest absolute Gasteiger partial charge is 0.463 e. The molecule has 0 aromatic heterocycles. The molecule has 1 atom stereocenters. The van der Waals surface area contributed by atoms with Gasteiger partial charge in [0, 0.05) is 25.8 Å². The lowest BCUT2D eigenvalue weighted by atomic mass is 10.1. The number of benzene rings is 1. The topological polar surface area (TPSA) is 44.8 Å². The molecule has 0 radical (unpaired) electrons. The van der Waals surface area contributed by atoms with Gasteiger partial charge in [-0.15, -0.1) is 0 Å². The molecule has 0 aliphatic heterocycles. The average molecular weight is 337 g/mol. The van der Waals surface area contributed by atoms with E-state index in [-0.39, 0.29) is 5.97 Å². The third kappa shape index (κ3) is 8.11. The van der Waals surface area contributed by atoms with Crippen molar-refractivity contribution in [2.45, 2.75) is 38.1 Å². The Bertz CT molecular complexity index is 457. The summed E-state index contributed by atoms with van der Waals surface area (Å²) >= 11 is 0. The third-order valence-electron chi connectivity index (χ3n) is 3.72. The molecule has 0 amide bonds. The maximum absolute atomic E-state index is 11.8. The molecule has 0 saturated heterocycles. The van der Waals surface area contributed by atoms with Crippen molar-refractivity contribution in [3.63, 3.8) is 0 Å². The highest BCUT2D eigenvalue weighted by atomic mass is 28.3. The van der Waals surface area contributed by atoms with Crippen LogP contribution in [-0.4, -0.2) is 36.1 Å². The van der Waals surface area contributed by atoms with Crippen molar-refractivity contribution in [3.8, 4) is 0 Å². The smallest absolute Gasteiger partial charge is 0.330 e. The standard InChI is InChI=1S/C18H28O4Si/c1-4-5-11-17(23(20-2)21-3)14-15-22-18(19)13-12-16-9-7-6-8-10-16/h6-10,12-13,17,23H,4-5,11,14-15H2,1-3H3. The van der Waals surface area contributed by atoms with Crippen LogP contribution in [0.1, 0.15) is 38.2 Å². The van der Waals surface area contributed by atoms with Crippen LogP contribution in [0, 0.1) is 0 Å². The van der Waals surface area contributed by atoms with Gasteiger partial charge in [-0.1, -0.05) is 50.1 Å². The zero-order chi connectivity index (χ0) is 16.9. The van der Waals surface area contributed by atoms with Gasteiger partial charge in [-0.2, -0.15) is 0 Å². The molecular weight excluding hydrogens is 308 g/mol. The van der Waals surface area contributed by atoms with Gasteiger partial charge in [-0.25, -0.2) is 4.79 Å². The maximum atomic E-state index is 11.8. The van der Waals surface area contributed by atoms with E-state index in [2.05, 4.69) is 6.92 Å². The van der Waals surface area contributed by atoms with Crippen molar-refractivity contribution < 1.29 is 18.4 Å². The number of hydrogen-bond donors (Lipinski definition) is 0. The van der Waals surface area contributed by atoms with Gasteiger partial charge >= 0.3 is 15.3 Å². The normalized spacial score (nSPS) is 12.7. The van der Waals surface area contributed by atoms with Gasteiger partial charge in [0.2, 0.25) is 0 Å². The quantitative estimate of drug-likeness (QED) is 0.351. The molecular formula is C18H28O4Si. The first kappa shape index (κ1) is 19.6. The number of unbranched alkanes of at least 4 members (excludes halogenated alkanes) is 1. The van der Waals surface area contributed by atoms with Crippen LogP contribution in [0.3, 0.4) is 0 Å². The molecule has 0 N–H and O–H groups in total. The molecule has 0 saturated carbocycles. The van der Waals surface area contributed by atoms with E-state index < -0.39 is 9.28 Å². The van der Waals surface area contributed by atoms with E-state index in [1.165, 1.54) is 6.08 Å². The molecule has 0 aliphatic carbocycles. The first-order valence-corrected chi connectivity index (χ1v) is 9.77. The second-order valence-corrected chi connectivity index (χ2v) is 8.06. The summed E-state index contributed by atoms with van der Waals surface area (Å²) < 4.78 is 16.3. The van der Waals surface area contributed by atoms with Gasteiger partial charge in [-0.3, -0.25) is 0 Å². The number of hydrogen-bond acceptors (Lipinski definition) is 4. The molecule has 0 spiro atoms. The van der Waals surface area contributed by atoms with Crippen LogP contribution in [0.4, 0.5) is 0 Å². The molecule has 5 heteroatoms. The fraction of sp³-hybridized carbons (Fsp3) is 0.500. The van der Waals surface area contributed by atoms with E-state index in [4.69, 9.17) is 13.6 Å². The predicted octanol–water partition coefficient (Wildman–Crippen LogP) is 3.71. The number of esters is 1. The van der Waals surface area contributed by atoms with Crippen molar-refractivity contribution in [1.29, 1.82) is 0 Å². The lowest BCUT2D eigenvalue weighted by Crippen LogP contribution is -2.27. The Morgan fingerprint density at radius 1 is 1.17 bits per heavy atom. The molecule has 128 valence electrons. The molecule has 0 aliphatic rings. The molecule has 0 heterocycles. The second-order valence-electron chi connectivity index (χ2n) is 5.44. The summed E-state index contributed by atoms with van der Waals surface area (Å²) in [4.78, 5) is 11.8. The van der Waals surface area contributed by atoms with Crippen molar-refractivity contribution in [2.24, 2.45) is 0 Å². The van der Waals surface area contributed by atoms with Crippen molar-refractivity contribution in [1.82, 2.24) is 0 Å². The molecule has 0 fully saturated rings. The fourth-order valence-electron chi connectivity index (χ4n) is 2.45. The van der Waals surface area contributed by atoms with Crippen LogP contribution in [0.25, 0.3) is 6.08 Å². The zero-order valence-corrected chi connectivity index (χ0v) is 15.5. The minimum atomic E-state index is -1.68. The van der Waals surface area contributed by atoms with Crippen LogP contribution >= 0.6 is 0 Å². The van der Waals surface area contributed by atoms with Gasteiger partial charge in [0.1, 0.15) is 0 Å². The van der Waals surface area contributed by atoms with E-state index in [1.54, 1.807) is 20.3 Å². The molecule has 1 aromatic carbocycles. The number of ether oxygens (including phenoxy) is 1. The van der Waals surface area contributed by atoms with Gasteiger partial charge < -0.3 is 13.6 Å². The fourth-order valence-corrected chi connectivity index (χ4v) is 4.33. The van der Waals surface area contributed by atoms with Crippen LogP contribution < -0.4 is 0 Å². The number of rotatable bonds is 11. The van der Waals surface area contributed by atoms with Crippen molar-refractivity contribution >= 4 is 21.3 Å². The highest BCUT2D eigenvalue weighted by molar-refractivity contribution is 6.46. The second kappa shape index (κ2) is 12.0. The highest BCUT2D eigenvalue weighted by Gasteiger charge is 2.24. The lowest BCUT2D eigenvalue weighted by molar-refractivity contribution is -0.137. The minimum absolute atomic E-state index is 0.309. The van der Waals surface area contributed by atoms with Crippen LogP contribution in [-0.2, 0) is 18.4 Å². The molecule has 1 aromatic rings. The van der Waals surface area contributed by atoms with Crippen LogP contribution in [0.15, 0.2) is 36.4 Å². The predicted molar refractivity (Wildman–Crippen MR) is 95.5 cm³/mol. The van der Waals surface area contributed by atoms with Crippen LogP contribution in [0.5, 0.6) is 0 Å². The Kier molecular flexibility index (Phi) is 10.3. The monoisotopic (exact) mass is 336 g/mol. The summed E-state index contributed by atoms with van der Waals surface area (Å²) in [7, 11) is 1.73. The Hall–Kier alpha value is -1.43. The van der Waals surface area contributed by atoms with Crippen molar-refractivity contribution in [2.75, 3.05) is 20.8 Å². The maximum Gasteiger partial charge on any atom is 0.330 e. The van der Waals surface area contributed by atoms with Crippen LogP contribution in [0.2, 0.25) is 5.54 Å². The summed E-state index contributed by atoms with van der Waals surface area (Å²) in [5.41, 5.74) is 1.35. The lowest BCUT2D eigenvalue weighted by Gasteiger charge is -2.22. The van der Waals surface area contributed by atoms with E-state index in [1.807, 2.05) is 30.3 Å². The first-order valence-electron chi connectivity index (χ1n) is 8.16. The average Bonchev–Trinajstić information content (AvgIpc) is 2.59.